The third-order valence-electron chi connectivity index (χ3n) is 4.99. The van der Waals surface area contributed by atoms with E-state index in [2.05, 4.69) is 6.92 Å². The molecule has 0 N–H and O–H groups in total. The van der Waals surface area contributed by atoms with Crippen molar-refractivity contribution < 1.29 is 14.3 Å². The van der Waals surface area contributed by atoms with Crippen molar-refractivity contribution in [2.24, 2.45) is 23.7 Å². The SMILES string of the molecule is COCC1CCC(C(C)OC(C)=O)C2CCCC12. The molecule has 0 aromatic carbocycles. The first-order valence-corrected chi connectivity index (χ1v) is 7.29. The van der Waals surface area contributed by atoms with Crippen LogP contribution in [0.3, 0.4) is 0 Å². The fourth-order valence-corrected chi connectivity index (χ4v) is 4.32. The highest BCUT2D eigenvalue weighted by atomic mass is 16.5. The number of hydrogen-bond donors (Lipinski definition) is 0. The highest BCUT2D eigenvalue weighted by Gasteiger charge is 2.44. The number of carbonyl (C=O) groups is 1. The molecule has 2 aliphatic rings. The Balaban J connectivity index is 2.00. The van der Waals surface area contributed by atoms with Gasteiger partial charge in [-0.3, -0.25) is 4.79 Å². The summed E-state index contributed by atoms with van der Waals surface area (Å²) >= 11 is 0. The zero-order valence-electron chi connectivity index (χ0n) is 11.9. The minimum Gasteiger partial charge on any atom is -0.463 e. The first-order chi connectivity index (χ1) is 8.63. The zero-order chi connectivity index (χ0) is 13.1. The van der Waals surface area contributed by atoms with Crippen molar-refractivity contribution in [3.8, 4) is 0 Å². The summed E-state index contributed by atoms with van der Waals surface area (Å²) in [6.45, 7) is 4.48. The van der Waals surface area contributed by atoms with E-state index in [-0.39, 0.29) is 12.1 Å². The predicted octanol–water partition coefficient (Wildman–Crippen LogP) is 3.03. The van der Waals surface area contributed by atoms with Crippen LogP contribution in [0.2, 0.25) is 0 Å². The van der Waals surface area contributed by atoms with Crippen LogP contribution in [-0.4, -0.2) is 25.8 Å². The van der Waals surface area contributed by atoms with Gasteiger partial charge in [-0.2, -0.15) is 0 Å². The van der Waals surface area contributed by atoms with Crippen LogP contribution in [0.1, 0.15) is 46.0 Å². The van der Waals surface area contributed by atoms with Crippen molar-refractivity contribution in [2.45, 2.75) is 52.1 Å². The van der Waals surface area contributed by atoms with Gasteiger partial charge in [-0.25, -0.2) is 0 Å². The molecule has 5 unspecified atom stereocenters. The fraction of sp³-hybridized carbons (Fsp3) is 0.933. The molecule has 3 nitrogen and oxygen atoms in total. The lowest BCUT2D eigenvalue weighted by molar-refractivity contribution is -0.151. The van der Waals surface area contributed by atoms with Crippen LogP contribution in [0.5, 0.6) is 0 Å². The average Bonchev–Trinajstić information content (AvgIpc) is 2.77. The van der Waals surface area contributed by atoms with Crippen molar-refractivity contribution in [2.75, 3.05) is 13.7 Å². The van der Waals surface area contributed by atoms with E-state index in [1.54, 1.807) is 7.11 Å². The van der Waals surface area contributed by atoms with Crippen molar-refractivity contribution >= 4 is 5.97 Å². The summed E-state index contributed by atoms with van der Waals surface area (Å²) in [5.74, 6) is 2.68. The van der Waals surface area contributed by atoms with Crippen LogP contribution in [0.4, 0.5) is 0 Å². The van der Waals surface area contributed by atoms with Crippen LogP contribution in [-0.2, 0) is 14.3 Å². The fourth-order valence-electron chi connectivity index (χ4n) is 4.32. The summed E-state index contributed by atoms with van der Waals surface area (Å²) in [5, 5.41) is 0. The summed E-state index contributed by atoms with van der Waals surface area (Å²) in [5.41, 5.74) is 0. The molecule has 0 amide bonds. The van der Waals surface area contributed by atoms with Crippen LogP contribution in [0.25, 0.3) is 0 Å². The van der Waals surface area contributed by atoms with Gasteiger partial charge in [0.25, 0.3) is 0 Å². The Morgan fingerprint density at radius 2 is 1.94 bits per heavy atom. The summed E-state index contributed by atoms with van der Waals surface area (Å²) in [6.07, 6.45) is 6.47. The van der Waals surface area contributed by atoms with E-state index in [0.717, 1.165) is 24.4 Å². The maximum Gasteiger partial charge on any atom is 0.302 e. The van der Waals surface area contributed by atoms with E-state index in [1.165, 1.54) is 39.0 Å². The topological polar surface area (TPSA) is 35.5 Å². The predicted molar refractivity (Wildman–Crippen MR) is 70.1 cm³/mol. The number of esters is 1. The molecule has 0 aromatic heterocycles. The van der Waals surface area contributed by atoms with Gasteiger partial charge in [-0.1, -0.05) is 6.42 Å². The smallest absolute Gasteiger partial charge is 0.302 e. The summed E-state index contributed by atoms with van der Waals surface area (Å²) in [6, 6.07) is 0. The highest BCUT2D eigenvalue weighted by molar-refractivity contribution is 5.66. The molecule has 18 heavy (non-hydrogen) atoms. The Hall–Kier alpha value is -0.570. The molecule has 0 aromatic rings. The van der Waals surface area contributed by atoms with Crippen LogP contribution in [0.15, 0.2) is 0 Å². The highest BCUT2D eigenvalue weighted by Crippen LogP contribution is 2.49. The minimum absolute atomic E-state index is 0.0802. The average molecular weight is 254 g/mol. The van der Waals surface area contributed by atoms with Gasteiger partial charge in [0.2, 0.25) is 0 Å². The number of rotatable bonds is 4. The van der Waals surface area contributed by atoms with E-state index < -0.39 is 0 Å². The standard InChI is InChI=1S/C15H26O3/c1-10(18-11(2)16)13-8-7-12(9-17-3)14-5-4-6-15(13)14/h10,12-15H,4-9H2,1-3H3. The lowest BCUT2D eigenvalue weighted by atomic mass is 9.67. The van der Waals surface area contributed by atoms with Gasteiger partial charge in [-0.05, 0) is 56.3 Å². The van der Waals surface area contributed by atoms with Crippen molar-refractivity contribution in [3.63, 3.8) is 0 Å². The monoisotopic (exact) mass is 254 g/mol. The molecule has 0 radical (unpaired) electrons. The largest absolute Gasteiger partial charge is 0.463 e. The lowest BCUT2D eigenvalue weighted by Crippen LogP contribution is -2.39. The first kappa shape index (κ1) is 13.9. The molecule has 3 heteroatoms. The van der Waals surface area contributed by atoms with Crippen molar-refractivity contribution in [1.29, 1.82) is 0 Å². The molecular weight excluding hydrogens is 228 g/mol. The second-order valence-electron chi connectivity index (χ2n) is 6.03. The number of fused-ring (bicyclic) bond motifs is 1. The van der Waals surface area contributed by atoms with Crippen LogP contribution < -0.4 is 0 Å². The molecule has 5 atom stereocenters. The summed E-state index contributed by atoms with van der Waals surface area (Å²) < 4.78 is 10.8. The van der Waals surface area contributed by atoms with Gasteiger partial charge >= 0.3 is 5.97 Å². The van der Waals surface area contributed by atoms with E-state index in [9.17, 15) is 4.79 Å². The Kier molecular flexibility index (Phi) is 4.66. The quantitative estimate of drug-likeness (QED) is 0.723. The lowest BCUT2D eigenvalue weighted by Gasteiger charge is -2.41. The molecule has 2 saturated carbocycles. The Bertz CT molecular complexity index is 289. The third kappa shape index (κ3) is 2.87. The molecule has 104 valence electrons. The molecule has 2 rings (SSSR count). The third-order valence-corrected chi connectivity index (χ3v) is 4.99. The molecule has 0 aliphatic heterocycles. The molecule has 0 spiro atoms. The van der Waals surface area contributed by atoms with E-state index >= 15 is 0 Å². The van der Waals surface area contributed by atoms with E-state index in [1.807, 2.05) is 0 Å². The van der Waals surface area contributed by atoms with Gasteiger partial charge in [0.15, 0.2) is 0 Å². The molecular formula is C15H26O3. The summed E-state index contributed by atoms with van der Waals surface area (Å²) in [4.78, 5) is 11.1. The Morgan fingerprint density at radius 3 is 2.61 bits per heavy atom. The molecule has 2 fully saturated rings. The number of carbonyl (C=O) groups excluding carboxylic acids is 1. The van der Waals surface area contributed by atoms with Crippen molar-refractivity contribution in [3.05, 3.63) is 0 Å². The van der Waals surface area contributed by atoms with Crippen LogP contribution in [0, 0.1) is 23.7 Å². The number of hydrogen-bond acceptors (Lipinski definition) is 3. The maximum absolute atomic E-state index is 11.1. The molecule has 0 saturated heterocycles. The maximum atomic E-state index is 11.1. The van der Waals surface area contributed by atoms with Gasteiger partial charge in [0.1, 0.15) is 6.10 Å². The molecule has 2 aliphatic carbocycles. The van der Waals surface area contributed by atoms with Gasteiger partial charge in [0, 0.05) is 20.6 Å². The number of ether oxygens (including phenoxy) is 2. The van der Waals surface area contributed by atoms with Gasteiger partial charge in [-0.15, -0.1) is 0 Å². The van der Waals surface area contributed by atoms with Gasteiger partial charge in [0.05, 0.1) is 0 Å². The Morgan fingerprint density at radius 1 is 1.22 bits per heavy atom. The van der Waals surface area contributed by atoms with E-state index in [0.29, 0.717) is 5.92 Å². The number of methoxy groups -OCH3 is 1. The normalized spacial score (nSPS) is 37.1. The first-order valence-electron chi connectivity index (χ1n) is 7.29. The van der Waals surface area contributed by atoms with Crippen molar-refractivity contribution in [1.82, 2.24) is 0 Å². The zero-order valence-corrected chi connectivity index (χ0v) is 11.9. The second kappa shape index (κ2) is 6.05. The van der Waals surface area contributed by atoms with Gasteiger partial charge < -0.3 is 9.47 Å². The Labute approximate surface area is 110 Å². The summed E-state index contributed by atoms with van der Waals surface area (Å²) in [7, 11) is 1.80. The molecule has 0 heterocycles. The molecule has 0 bridgehead atoms. The minimum atomic E-state index is -0.143. The van der Waals surface area contributed by atoms with Crippen LogP contribution >= 0.6 is 0 Å². The van der Waals surface area contributed by atoms with E-state index in [4.69, 9.17) is 9.47 Å². The second-order valence-corrected chi connectivity index (χ2v) is 6.03.